The summed E-state index contributed by atoms with van der Waals surface area (Å²) in [6, 6.07) is 1.81. The SMILES string of the molecule is CC(C)(C)OC(=O)N1CCCC[C@@H]1CS(=O)(=O)c1ncccc1[N+](=O)[O-]. The maximum Gasteiger partial charge on any atom is 0.410 e. The van der Waals surface area contributed by atoms with Crippen molar-refractivity contribution in [2.24, 2.45) is 0 Å². The van der Waals surface area contributed by atoms with Crippen molar-refractivity contribution < 1.29 is 22.9 Å². The molecule has 0 saturated carbocycles. The Morgan fingerprint density at radius 2 is 2.12 bits per heavy atom. The summed E-state index contributed by atoms with van der Waals surface area (Å²) in [5.74, 6) is -0.426. The molecule has 144 valence electrons. The highest BCUT2D eigenvalue weighted by molar-refractivity contribution is 7.91. The number of likely N-dealkylation sites (tertiary alicyclic amines) is 1. The Hall–Kier alpha value is -2.23. The Morgan fingerprint density at radius 3 is 2.73 bits per heavy atom. The van der Waals surface area contributed by atoms with E-state index in [1.165, 1.54) is 17.2 Å². The standard InChI is InChI=1S/C16H23N3O6S/c1-16(2,3)25-15(20)18-10-5-4-7-12(18)11-26(23,24)14-13(19(21)22)8-6-9-17-14/h6,8-9,12H,4-5,7,10-11H2,1-3H3/t12-/m1/s1. The lowest BCUT2D eigenvalue weighted by atomic mass is 10.0. The molecule has 0 radical (unpaired) electrons. The van der Waals surface area contributed by atoms with Crippen LogP contribution >= 0.6 is 0 Å². The first kappa shape index (κ1) is 20.1. The third kappa shape index (κ3) is 4.90. The van der Waals surface area contributed by atoms with E-state index in [1.807, 2.05) is 0 Å². The highest BCUT2D eigenvalue weighted by Gasteiger charge is 2.36. The summed E-state index contributed by atoms with van der Waals surface area (Å²) >= 11 is 0. The number of hydrogen-bond donors (Lipinski definition) is 0. The van der Waals surface area contributed by atoms with Gasteiger partial charge in [0.1, 0.15) is 5.60 Å². The van der Waals surface area contributed by atoms with E-state index in [0.717, 1.165) is 18.9 Å². The van der Waals surface area contributed by atoms with Gasteiger partial charge in [0.2, 0.25) is 14.9 Å². The maximum atomic E-state index is 12.7. The van der Waals surface area contributed by atoms with Crippen molar-refractivity contribution in [3.8, 4) is 0 Å². The number of piperidine rings is 1. The number of rotatable bonds is 4. The summed E-state index contributed by atoms with van der Waals surface area (Å²) < 4.78 is 30.8. The Balaban J connectivity index is 2.26. The number of nitrogens with zero attached hydrogens (tertiary/aromatic N) is 3. The average Bonchev–Trinajstić information content (AvgIpc) is 2.53. The summed E-state index contributed by atoms with van der Waals surface area (Å²) in [5.41, 5.74) is -1.26. The lowest BCUT2D eigenvalue weighted by molar-refractivity contribution is -0.388. The molecule has 0 aromatic carbocycles. The molecular formula is C16H23N3O6S. The largest absolute Gasteiger partial charge is 0.444 e. The minimum atomic E-state index is -4.05. The molecule has 0 N–H and O–H groups in total. The summed E-state index contributed by atoms with van der Waals surface area (Å²) in [5, 5.41) is 10.5. The zero-order valence-electron chi connectivity index (χ0n) is 15.0. The second-order valence-corrected chi connectivity index (χ2v) is 9.14. The van der Waals surface area contributed by atoms with Crippen LogP contribution in [-0.4, -0.2) is 53.3 Å². The predicted molar refractivity (Wildman–Crippen MR) is 93.5 cm³/mol. The Kier molecular flexibility index (Phi) is 5.84. The number of hydrogen-bond acceptors (Lipinski definition) is 7. The van der Waals surface area contributed by atoms with Gasteiger partial charge in [-0.15, -0.1) is 0 Å². The normalized spacial score (nSPS) is 18.4. The first-order chi connectivity index (χ1) is 12.0. The summed E-state index contributed by atoms with van der Waals surface area (Å²) in [4.78, 5) is 27.8. The van der Waals surface area contributed by atoms with Gasteiger partial charge in [-0.3, -0.25) is 10.1 Å². The molecule has 1 amide bonds. The second-order valence-electron chi connectivity index (χ2n) is 7.19. The van der Waals surface area contributed by atoms with Crippen LogP contribution in [0.2, 0.25) is 0 Å². The van der Waals surface area contributed by atoms with E-state index in [0.29, 0.717) is 13.0 Å². The summed E-state index contributed by atoms with van der Waals surface area (Å²) in [6.45, 7) is 5.59. The van der Waals surface area contributed by atoms with Gasteiger partial charge >= 0.3 is 11.8 Å². The molecule has 26 heavy (non-hydrogen) atoms. The van der Waals surface area contributed by atoms with Crippen LogP contribution < -0.4 is 0 Å². The number of pyridine rings is 1. The van der Waals surface area contributed by atoms with E-state index < -0.39 is 49.0 Å². The number of nitro groups is 1. The lowest BCUT2D eigenvalue weighted by Gasteiger charge is -2.36. The van der Waals surface area contributed by atoms with E-state index in [2.05, 4.69) is 4.98 Å². The highest BCUT2D eigenvalue weighted by Crippen LogP contribution is 2.26. The van der Waals surface area contributed by atoms with Gasteiger partial charge in [-0.05, 0) is 46.1 Å². The number of carbonyl (C=O) groups excluding carboxylic acids is 1. The zero-order chi connectivity index (χ0) is 19.5. The molecule has 2 rings (SSSR count). The number of aromatic nitrogens is 1. The van der Waals surface area contributed by atoms with Crippen molar-refractivity contribution >= 4 is 21.6 Å². The summed E-state index contributed by atoms with van der Waals surface area (Å²) in [7, 11) is -4.05. The Bertz CT molecular complexity index is 787. The van der Waals surface area contributed by atoms with Crippen molar-refractivity contribution in [1.29, 1.82) is 0 Å². The van der Waals surface area contributed by atoms with Gasteiger partial charge in [-0.25, -0.2) is 18.2 Å². The number of ether oxygens (including phenoxy) is 1. The topological polar surface area (TPSA) is 120 Å². The van der Waals surface area contributed by atoms with Crippen molar-refractivity contribution in [3.63, 3.8) is 0 Å². The fourth-order valence-electron chi connectivity index (χ4n) is 2.83. The second kappa shape index (κ2) is 7.56. The van der Waals surface area contributed by atoms with Gasteiger partial charge in [0.25, 0.3) is 0 Å². The first-order valence-electron chi connectivity index (χ1n) is 8.33. The van der Waals surface area contributed by atoms with Gasteiger partial charge < -0.3 is 9.64 Å². The van der Waals surface area contributed by atoms with Crippen molar-refractivity contribution in [1.82, 2.24) is 9.88 Å². The van der Waals surface area contributed by atoms with Crippen molar-refractivity contribution in [3.05, 3.63) is 28.4 Å². The molecule has 1 aromatic heterocycles. The van der Waals surface area contributed by atoms with Crippen LogP contribution in [0.4, 0.5) is 10.5 Å². The fraction of sp³-hybridized carbons (Fsp3) is 0.625. The van der Waals surface area contributed by atoms with Crippen LogP contribution in [0.25, 0.3) is 0 Å². The quantitative estimate of drug-likeness (QED) is 0.577. The average molecular weight is 385 g/mol. The van der Waals surface area contributed by atoms with E-state index in [4.69, 9.17) is 4.74 Å². The van der Waals surface area contributed by atoms with Crippen LogP contribution in [0.15, 0.2) is 23.4 Å². The van der Waals surface area contributed by atoms with Gasteiger partial charge in [-0.1, -0.05) is 0 Å². The molecule has 1 aliphatic rings. The number of carbonyl (C=O) groups is 1. The molecular weight excluding hydrogens is 362 g/mol. The molecule has 10 heteroatoms. The predicted octanol–water partition coefficient (Wildman–Crippen LogP) is 2.55. The number of sulfone groups is 1. The number of amides is 1. The van der Waals surface area contributed by atoms with E-state index in [-0.39, 0.29) is 0 Å². The van der Waals surface area contributed by atoms with Gasteiger partial charge in [-0.2, -0.15) is 0 Å². The van der Waals surface area contributed by atoms with Crippen molar-refractivity contribution in [2.45, 2.75) is 56.7 Å². The van der Waals surface area contributed by atoms with Gasteiger partial charge in [0.05, 0.1) is 10.7 Å². The maximum absolute atomic E-state index is 12.7. The van der Waals surface area contributed by atoms with E-state index >= 15 is 0 Å². The molecule has 1 saturated heterocycles. The monoisotopic (exact) mass is 385 g/mol. The van der Waals surface area contributed by atoms with Crippen LogP contribution in [0.1, 0.15) is 40.0 Å². The zero-order valence-corrected chi connectivity index (χ0v) is 15.9. The fourth-order valence-corrected chi connectivity index (χ4v) is 4.52. The molecule has 0 aliphatic carbocycles. The summed E-state index contributed by atoms with van der Waals surface area (Å²) in [6.07, 6.45) is 2.63. The smallest absolute Gasteiger partial charge is 0.410 e. The van der Waals surface area contributed by atoms with E-state index in [9.17, 15) is 23.3 Å². The molecule has 9 nitrogen and oxygen atoms in total. The molecule has 1 aliphatic heterocycles. The lowest BCUT2D eigenvalue weighted by Crippen LogP contribution is -2.49. The molecule has 0 spiro atoms. The molecule has 1 aromatic rings. The molecule has 0 bridgehead atoms. The van der Waals surface area contributed by atoms with Gasteiger partial charge in [0.15, 0.2) is 0 Å². The van der Waals surface area contributed by atoms with Crippen LogP contribution in [-0.2, 0) is 14.6 Å². The molecule has 2 heterocycles. The van der Waals surface area contributed by atoms with Crippen LogP contribution in [0.5, 0.6) is 0 Å². The third-order valence-electron chi connectivity index (χ3n) is 3.91. The van der Waals surface area contributed by atoms with Crippen molar-refractivity contribution in [2.75, 3.05) is 12.3 Å². The third-order valence-corrected chi connectivity index (χ3v) is 5.64. The minimum Gasteiger partial charge on any atom is -0.444 e. The minimum absolute atomic E-state index is 0.388. The Morgan fingerprint density at radius 1 is 1.42 bits per heavy atom. The molecule has 1 atom stereocenters. The van der Waals surface area contributed by atoms with Gasteiger partial charge in [0, 0.05) is 24.8 Å². The van der Waals surface area contributed by atoms with E-state index in [1.54, 1.807) is 20.8 Å². The Labute approximate surface area is 152 Å². The first-order valence-corrected chi connectivity index (χ1v) is 9.98. The molecule has 0 unspecified atom stereocenters. The molecule has 1 fully saturated rings. The highest BCUT2D eigenvalue weighted by atomic mass is 32.2. The van der Waals surface area contributed by atoms with Crippen LogP contribution in [0, 0.1) is 10.1 Å². The van der Waals surface area contributed by atoms with Crippen LogP contribution in [0.3, 0.4) is 0 Å².